The highest BCUT2D eigenvalue weighted by Gasteiger charge is 2.44. The summed E-state index contributed by atoms with van der Waals surface area (Å²) in [6, 6.07) is 58.2. The Morgan fingerprint density at radius 3 is 0.615 bits per heavy atom. The normalized spacial score (nSPS) is 11.2. The van der Waals surface area contributed by atoms with Gasteiger partial charge in [0.15, 0.2) is 29.0 Å². The van der Waals surface area contributed by atoms with Gasteiger partial charge in [-0.15, -0.1) is 0 Å². The van der Waals surface area contributed by atoms with Crippen LogP contribution in [0.3, 0.4) is 0 Å². The zero-order valence-electron chi connectivity index (χ0n) is 34.5. The number of carbonyl (C=O) groups excluding carboxylic acids is 4. The molecule has 0 amide bonds. The Bertz CT molecular complexity index is 2620. The number of carbonyl (C=O) groups is 4. The molecule has 8 aromatic carbocycles. The zero-order valence-corrected chi connectivity index (χ0v) is 36.3. The molecule has 320 valence electrons. The Hall–Kier alpha value is -7.90. The summed E-state index contributed by atoms with van der Waals surface area (Å²) in [5, 5.41) is 0. The van der Waals surface area contributed by atoms with Gasteiger partial charge >= 0.3 is 15.2 Å². The second kappa shape index (κ2) is 19.7. The Morgan fingerprint density at radius 2 is 0.431 bits per heavy atom. The number of rotatable bonds is 18. The lowest BCUT2D eigenvalue weighted by Gasteiger charge is -2.25. The molecule has 0 fully saturated rings. The van der Waals surface area contributed by atoms with Gasteiger partial charge in [-0.2, -0.15) is 0 Å². The first kappa shape index (κ1) is 43.7. The molecule has 0 N–H and O–H groups in total. The average Bonchev–Trinajstić information content (AvgIpc) is 3.35. The molecule has 0 saturated heterocycles. The van der Waals surface area contributed by atoms with Crippen molar-refractivity contribution < 1.29 is 46.4 Å². The lowest BCUT2D eigenvalue weighted by atomic mass is 10.0. The maximum Gasteiger partial charge on any atom is 0.445 e. The first-order valence-corrected chi connectivity index (χ1v) is 23.7. The minimum absolute atomic E-state index is 0.00734. The number of hydrogen-bond donors (Lipinski definition) is 0. The molecule has 0 bridgehead atoms. The highest BCUT2D eigenvalue weighted by Crippen LogP contribution is 2.63. The first-order chi connectivity index (χ1) is 31.5. The predicted molar refractivity (Wildman–Crippen MR) is 248 cm³/mol. The molecule has 8 aromatic rings. The van der Waals surface area contributed by atoms with E-state index in [-0.39, 0.29) is 46.1 Å². The van der Waals surface area contributed by atoms with Gasteiger partial charge in [-0.25, -0.2) is 9.13 Å². The van der Waals surface area contributed by atoms with Crippen LogP contribution < -0.4 is 18.1 Å². The van der Waals surface area contributed by atoms with Crippen molar-refractivity contribution >= 4 is 38.3 Å². The van der Waals surface area contributed by atoms with E-state index in [2.05, 4.69) is 0 Å². The summed E-state index contributed by atoms with van der Waals surface area (Å²) in [7, 11) is -9.35. The van der Waals surface area contributed by atoms with Crippen molar-refractivity contribution in [2.75, 3.05) is 5.90 Å². The quantitative estimate of drug-likeness (QED) is 0.0604. The van der Waals surface area contributed by atoms with E-state index in [0.29, 0.717) is 44.5 Å². The van der Waals surface area contributed by atoms with Crippen LogP contribution in [0, 0.1) is 0 Å². The third kappa shape index (κ3) is 11.0. The Kier molecular flexibility index (Phi) is 13.2. The molecule has 12 heteroatoms. The van der Waals surface area contributed by atoms with Crippen LogP contribution in [0.2, 0.25) is 0 Å². The van der Waals surface area contributed by atoms with Gasteiger partial charge in [0.2, 0.25) is 0 Å². The van der Waals surface area contributed by atoms with Gasteiger partial charge in [-0.3, -0.25) is 19.2 Å². The van der Waals surface area contributed by atoms with Crippen molar-refractivity contribution in [3.63, 3.8) is 0 Å². The van der Waals surface area contributed by atoms with E-state index in [1.165, 1.54) is 97.1 Å². The molecule has 0 aliphatic heterocycles. The molecular formula is C53H38O10P2. The smallest absolute Gasteiger partial charge is 0.416 e. The number of ketones is 4. The fraction of sp³-hybridized carbons (Fsp3) is 0.0189. The summed E-state index contributed by atoms with van der Waals surface area (Å²) in [6.07, 6.45) is 0. The van der Waals surface area contributed by atoms with Crippen molar-refractivity contribution in [2.45, 2.75) is 0 Å². The van der Waals surface area contributed by atoms with Crippen LogP contribution in [0.15, 0.2) is 218 Å². The van der Waals surface area contributed by atoms with Gasteiger partial charge in [-0.1, -0.05) is 121 Å². The largest absolute Gasteiger partial charge is 0.445 e. The summed E-state index contributed by atoms with van der Waals surface area (Å²) in [5.41, 5.74) is 3.20. The Labute approximate surface area is 375 Å². The van der Waals surface area contributed by atoms with Gasteiger partial charge in [0, 0.05) is 44.5 Å². The molecule has 0 saturated carbocycles. The summed E-state index contributed by atoms with van der Waals surface area (Å²) < 4.78 is 54.8. The van der Waals surface area contributed by atoms with Gasteiger partial charge in [-0.05, 0) is 97.1 Å². The van der Waals surface area contributed by atoms with E-state index in [0.717, 1.165) is 0 Å². The fourth-order valence-corrected chi connectivity index (χ4v) is 11.2. The van der Waals surface area contributed by atoms with Gasteiger partial charge in [0.25, 0.3) is 0 Å². The number of benzene rings is 8. The maximum atomic E-state index is 15.2. The fourth-order valence-electron chi connectivity index (χ4n) is 6.70. The van der Waals surface area contributed by atoms with Crippen molar-refractivity contribution in [1.82, 2.24) is 0 Å². The number of hydrogen-bond acceptors (Lipinski definition) is 10. The summed E-state index contributed by atoms with van der Waals surface area (Å²) in [4.78, 5) is 52.8. The monoisotopic (exact) mass is 896 g/mol. The molecule has 0 aromatic heterocycles. The van der Waals surface area contributed by atoms with Crippen molar-refractivity contribution in [3.8, 4) is 23.0 Å². The molecule has 0 heterocycles. The highest BCUT2D eigenvalue weighted by atomic mass is 31.2. The van der Waals surface area contributed by atoms with Gasteiger partial charge in [0.05, 0.1) is 0 Å². The van der Waals surface area contributed by atoms with Crippen LogP contribution in [-0.4, -0.2) is 29.0 Å². The summed E-state index contributed by atoms with van der Waals surface area (Å²) in [6.45, 7) is 0. The highest BCUT2D eigenvalue weighted by molar-refractivity contribution is 7.72. The molecule has 0 aliphatic carbocycles. The minimum Gasteiger partial charge on any atom is -0.416 e. The van der Waals surface area contributed by atoms with E-state index in [1.807, 2.05) is 0 Å². The maximum absolute atomic E-state index is 15.2. The van der Waals surface area contributed by atoms with E-state index in [4.69, 9.17) is 18.1 Å². The molecule has 0 radical (unpaired) electrons. The van der Waals surface area contributed by atoms with Crippen LogP contribution in [0.25, 0.3) is 0 Å². The Balaban J connectivity index is 1.12. The minimum atomic E-state index is -4.67. The lowest BCUT2D eigenvalue weighted by Crippen LogP contribution is -2.12. The van der Waals surface area contributed by atoms with Crippen LogP contribution in [0.1, 0.15) is 63.7 Å². The molecule has 65 heavy (non-hydrogen) atoms. The van der Waals surface area contributed by atoms with Crippen LogP contribution >= 0.6 is 15.2 Å². The molecule has 0 spiro atoms. The summed E-state index contributed by atoms with van der Waals surface area (Å²) >= 11 is 0. The van der Waals surface area contributed by atoms with Crippen molar-refractivity contribution in [2.24, 2.45) is 0 Å². The Morgan fingerprint density at radius 1 is 0.262 bits per heavy atom. The van der Waals surface area contributed by atoms with Crippen LogP contribution in [0.4, 0.5) is 0 Å². The van der Waals surface area contributed by atoms with E-state index in [9.17, 15) is 19.2 Å². The second-order valence-corrected chi connectivity index (χ2v) is 18.9. The van der Waals surface area contributed by atoms with Crippen molar-refractivity contribution in [3.05, 3.63) is 263 Å². The van der Waals surface area contributed by atoms with E-state index >= 15 is 9.13 Å². The van der Waals surface area contributed by atoms with Gasteiger partial charge in [0.1, 0.15) is 23.0 Å². The van der Waals surface area contributed by atoms with E-state index < -0.39 is 21.1 Å². The third-order valence-electron chi connectivity index (χ3n) is 9.93. The van der Waals surface area contributed by atoms with Crippen LogP contribution in [-0.2, 0) is 9.13 Å². The topological polar surface area (TPSA) is 139 Å². The second-order valence-electron chi connectivity index (χ2n) is 14.6. The lowest BCUT2D eigenvalue weighted by molar-refractivity contribution is 0.103. The molecule has 8 rings (SSSR count). The summed E-state index contributed by atoms with van der Waals surface area (Å²) in [5.74, 6) is -1.93. The predicted octanol–water partition coefficient (Wildman–Crippen LogP) is 12.6. The first-order valence-electron chi connectivity index (χ1n) is 20.3. The average molecular weight is 897 g/mol. The van der Waals surface area contributed by atoms with E-state index in [1.54, 1.807) is 121 Å². The third-order valence-corrected chi connectivity index (χ3v) is 14.7. The van der Waals surface area contributed by atoms with Gasteiger partial charge < -0.3 is 18.1 Å². The standard InChI is InChI=1S/C53H38O10P2/c54-50(38-13-5-1-6-14-38)42-21-29-46(30-22-42)60-64(58,61-47-31-23-43(24-32-47)51(55)39-15-7-2-8-16-39)37-65(59,62-48-33-25-44(26-34-48)52(56)40-17-9-3-10-18-40)63-49-35-27-45(28-36-49)53(57)41-19-11-4-12-20-41/h1-36H,37H2. The van der Waals surface area contributed by atoms with Crippen LogP contribution in [0.5, 0.6) is 23.0 Å². The SMILES string of the molecule is O=C(c1ccccc1)c1ccc(OP(=O)(CP(=O)(Oc2ccc(C(=O)c3ccccc3)cc2)Oc2ccc(C(=O)c3ccccc3)cc2)Oc2ccc(C(=O)c3ccccc3)cc2)cc1. The molecular weight excluding hydrogens is 859 g/mol. The molecule has 0 aliphatic rings. The molecule has 0 atom stereocenters. The van der Waals surface area contributed by atoms with Crippen molar-refractivity contribution in [1.29, 1.82) is 0 Å². The zero-order chi connectivity index (χ0) is 45.2. The molecule has 10 nitrogen and oxygen atoms in total. The molecule has 0 unspecified atom stereocenters.